The lowest BCUT2D eigenvalue weighted by Gasteiger charge is -2.11. The maximum atomic E-state index is 13.3. The third-order valence-corrected chi connectivity index (χ3v) is 5.18. The number of aryl methyl sites for hydroxylation is 1. The van der Waals surface area contributed by atoms with Crippen LogP contribution in [-0.2, 0) is 10.0 Å². The molecule has 0 amide bonds. The van der Waals surface area contributed by atoms with Gasteiger partial charge in [-0.15, -0.1) is 0 Å². The van der Waals surface area contributed by atoms with Crippen LogP contribution in [0.15, 0.2) is 47.4 Å². The maximum Gasteiger partial charge on any atom is 0.240 e. The molecule has 0 saturated carbocycles. The second-order valence-corrected chi connectivity index (χ2v) is 7.08. The van der Waals surface area contributed by atoms with Crippen molar-refractivity contribution in [2.24, 2.45) is 0 Å². The van der Waals surface area contributed by atoms with Crippen LogP contribution in [0.5, 0.6) is 5.75 Å². The molecule has 4 nitrogen and oxygen atoms in total. The van der Waals surface area contributed by atoms with Gasteiger partial charge in [-0.05, 0) is 36.8 Å². The van der Waals surface area contributed by atoms with Crippen LogP contribution < -0.4 is 9.46 Å². The quantitative estimate of drug-likeness (QED) is 0.942. The molecule has 1 unspecified atom stereocenters. The lowest BCUT2D eigenvalue weighted by molar-refractivity contribution is 0.330. The number of hydrogen-bond donors (Lipinski definition) is 1. The Hall–Kier alpha value is -1.92. The van der Waals surface area contributed by atoms with Crippen LogP contribution in [0.25, 0.3) is 0 Å². The number of benzene rings is 2. The molecule has 1 aliphatic heterocycles. The minimum atomic E-state index is -3.66. The van der Waals surface area contributed by atoms with Crippen molar-refractivity contribution in [3.63, 3.8) is 0 Å². The first-order valence-corrected chi connectivity index (χ1v) is 8.43. The van der Waals surface area contributed by atoms with Crippen molar-refractivity contribution in [3.8, 4) is 5.75 Å². The van der Waals surface area contributed by atoms with Crippen LogP contribution in [-0.4, -0.2) is 21.6 Å². The molecule has 0 aliphatic carbocycles. The molecule has 0 saturated heterocycles. The van der Waals surface area contributed by atoms with Crippen LogP contribution in [0, 0.1) is 12.7 Å². The van der Waals surface area contributed by atoms with Crippen LogP contribution >= 0.6 is 0 Å². The van der Waals surface area contributed by atoms with Gasteiger partial charge in [-0.1, -0.05) is 18.2 Å². The van der Waals surface area contributed by atoms with E-state index >= 15 is 0 Å². The molecule has 116 valence electrons. The zero-order chi connectivity index (χ0) is 15.7. The van der Waals surface area contributed by atoms with Crippen molar-refractivity contribution in [3.05, 3.63) is 59.4 Å². The molecule has 1 atom stereocenters. The highest BCUT2D eigenvalue weighted by molar-refractivity contribution is 7.89. The van der Waals surface area contributed by atoms with E-state index in [1.807, 2.05) is 24.3 Å². The predicted octanol–water partition coefficient (Wildman–Crippen LogP) is 2.59. The molecule has 2 aromatic rings. The number of hydrogen-bond acceptors (Lipinski definition) is 3. The third-order valence-electron chi connectivity index (χ3n) is 3.76. The standard InChI is InChI=1S/C16H16FNO3S/c1-11-8-13(6-7-15(11)17)22(19,20)18-9-12-10-21-16-5-3-2-4-14(12)16/h2-8,12,18H,9-10H2,1H3. The van der Waals surface area contributed by atoms with Gasteiger partial charge in [0.15, 0.2) is 0 Å². The highest BCUT2D eigenvalue weighted by Crippen LogP contribution is 2.33. The van der Waals surface area contributed by atoms with E-state index in [0.717, 1.165) is 17.4 Å². The van der Waals surface area contributed by atoms with E-state index in [1.165, 1.54) is 19.1 Å². The van der Waals surface area contributed by atoms with Crippen molar-refractivity contribution in [2.75, 3.05) is 13.2 Å². The van der Waals surface area contributed by atoms with Gasteiger partial charge in [0.05, 0.1) is 11.5 Å². The fourth-order valence-corrected chi connectivity index (χ4v) is 3.64. The van der Waals surface area contributed by atoms with Gasteiger partial charge in [-0.2, -0.15) is 0 Å². The minimum Gasteiger partial charge on any atom is -0.493 e. The normalized spacial score (nSPS) is 17.1. The summed E-state index contributed by atoms with van der Waals surface area (Å²) in [6, 6.07) is 11.3. The minimum absolute atomic E-state index is 0.0208. The highest BCUT2D eigenvalue weighted by atomic mass is 32.2. The van der Waals surface area contributed by atoms with E-state index < -0.39 is 15.8 Å². The van der Waals surface area contributed by atoms with Crippen LogP contribution in [0.4, 0.5) is 4.39 Å². The molecule has 3 rings (SSSR count). The molecule has 1 aliphatic rings. The summed E-state index contributed by atoms with van der Waals surface area (Å²) in [5.74, 6) is 0.355. The van der Waals surface area contributed by atoms with E-state index in [9.17, 15) is 12.8 Å². The van der Waals surface area contributed by atoms with Gasteiger partial charge in [-0.3, -0.25) is 0 Å². The first kappa shape index (κ1) is 15.0. The molecular formula is C16H16FNO3S. The van der Waals surface area contributed by atoms with Crippen molar-refractivity contribution >= 4 is 10.0 Å². The lowest BCUT2D eigenvalue weighted by Crippen LogP contribution is -2.29. The number of halogens is 1. The van der Waals surface area contributed by atoms with Crippen molar-refractivity contribution in [2.45, 2.75) is 17.7 Å². The fraction of sp³-hybridized carbons (Fsp3) is 0.250. The summed E-state index contributed by atoms with van der Waals surface area (Å²) in [5, 5.41) is 0. The molecule has 1 heterocycles. The highest BCUT2D eigenvalue weighted by Gasteiger charge is 2.25. The van der Waals surface area contributed by atoms with E-state index in [4.69, 9.17) is 4.74 Å². The average molecular weight is 321 g/mol. The summed E-state index contributed by atoms with van der Waals surface area (Å²) in [6.45, 7) is 2.23. The number of para-hydroxylation sites is 1. The number of nitrogens with one attached hydrogen (secondary N) is 1. The maximum absolute atomic E-state index is 13.3. The Kier molecular flexibility index (Phi) is 3.88. The monoisotopic (exact) mass is 321 g/mol. The Morgan fingerprint density at radius 2 is 2.05 bits per heavy atom. The molecular weight excluding hydrogens is 305 g/mol. The molecule has 6 heteroatoms. The van der Waals surface area contributed by atoms with Gasteiger partial charge in [0.25, 0.3) is 0 Å². The van der Waals surface area contributed by atoms with Gasteiger partial charge in [-0.25, -0.2) is 17.5 Å². The van der Waals surface area contributed by atoms with E-state index in [2.05, 4.69) is 4.72 Å². The molecule has 0 radical (unpaired) electrons. The smallest absolute Gasteiger partial charge is 0.240 e. The topological polar surface area (TPSA) is 55.4 Å². The largest absolute Gasteiger partial charge is 0.493 e. The van der Waals surface area contributed by atoms with Gasteiger partial charge in [0.1, 0.15) is 11.6 Å². The average Bonchev–Trinajstić information content (AvgIpc) is 2.91. The third kappa shape index (κ3) is 2.84. The molecule has 0 spiro atoms. The number of fused-ring (bicyclic) bond motifs is 1. The van der Waals surface area contributed by atoms with Gasteiger partial charge < -0.3 is 4.74 Å². The van der Waals surface area contributed by atoms with Crippen LogP contribution in [0.1, 0.15) is 17.0 Å². The lowest BCUT2D eigenvalue weighted by atomic mass is 10.0. The molecule has 1 N–H and O–H groups in total. The summed E-state index contributed by atoms with van der Waals surface area (Å²) in [7, 11) is -3.66. The zero-order valence-corrected chi connectivity index (χ0v) is 12.9. The van der Waals surface area contributed by atoms with Crippen LogP contribution in [0.3, 0.4) is 0 Å². The second-order valence-electron chi connectivity index (χ2n) is 5.31. The molecule has 0 bridgehead atoms. The summed E-state index contributed by atoms with van der Waals surface area (Å²) in [5.41, 5.74) is 1.30. The SMILES string of the molecule is Cc1cc(S(=O)(=O)NCC2COc3ccccc32)ccc1F. The van der Waals surface area contributed by atoms with E-state index in [-0.39, 0.29) is 17.4 Å². The van der Waals surface area contributed by atoms with Gasteiger partial charge >= 0.3 is 0 Å². The fourth-order valence-electron chi connectivity index (χ4n) is 2.48. The Morgan fingerprint density at radius 3 is 2.82 bits per heavy atom. The Morgan fingerprint density at radius 1 is 1.27 bits per heavy atom. The molecule has 22 heavy (non-hydrogen) atoms. The Labute approximate surface area is 129 Å². The second kappa shape index (κ2) is 5.70. The number of sulfonamides is 1. The first-order valence-electron chi connectivity index (χ1n) is 6.95. The summed E-state index contributed by atoms with van der Waals surface area (Å²) in [4.78, 5) is 0.0681. The number of rotatable bonds is 4. The summed E-state index contributed by atoms with van der Waals surface area (Å²) >= 11 is 0. The van der Waals surface area contributed by atoms with Crippen LogP contribution in [0.2, 0.25) is 0 Å². The first-order chi connectivity index (χ1) is 10.5. The van der Waals surface area contributed by atoms with E-state index in [0.29, 0.717) is 12.2 Å². The van der Waals surface area contributed by atoms with Crippen molar-refractivity contribution < 1.29 is 17.5 Å². The van der Waals surface area contributed by atoms with Crippen molar-refractivity contribution in [1.82, 2.24) is 4.72 Å². The summed E-state index contributed by atoms with van der Waals surface area (Å²) < 4.78 is 45.9. The summed E-state index contributed by atoms with van der Waals surface area (Å²) in [6.07, 6.45) is 0. The van der Waals surface area contributed by atoms with Gasteiger partial charge in [0, 0.05) is 18.0 Å². The number of ether oxygens (including phenoxy) is 1. The zero-order valence-electron chi connectivity index (χ0n) is 12.0. The molecule has 0 fully saturated rings. The Balaban J connectivity index is 1.75. The molecule has 2 aromatic carbocycles. The predicted molar refractivity (Wildman–Crippen MR) is 81.0 cm³/mol. The Bertz CT molecular complexity index is 805. The molecule has 0 aromatic heterocycles. The van der Waals surface area contributed by atoms with Gasteiger partial charge in [0.2, 0.25) is 10.0 Å². The van der Waals surface area contributed by atoms with Crippen molar-refractivity contribution in [1.29, 1.82) is 0 Å². The van der Waals surface area contributed by atoms with E-state index in [1.54, 1.807) is 0 Å².